The zero-order valence-corrected chi connectivity index (χ0v) is 13.1. The van der Waals surface area contributed by atoms with Crippen molar-refractivity contribution in [1.29, 1.82) is 0 Å². The first-order valence-electron chi connectivity index (χ1n) is 5.96. The van der Waals surface area contributed by atoms with Crippen molar-refractivity contribution in [3.05, 3.63) is 64.6 Å². The molecule has 5 nitrogen and oxygen atoms in total. The summed E-state index contributed by atoms with van der Waals surface area (Å²) in [4.78, 5) is 11.4. The van der Waals surface area contributed by atoms with Gasteiger partial charge in [0.25, 0.3) is 0 Å². The number of hydrogen-bond donors (Lipinski definition) is 2. The Kier molecular flexibility index (Phi) is 4.76. The molecule has 2 N–H and O–H groups in total. The Hall–Kier alpha value is -1.70. The maximum Gasteiger partial charge on any atom is 0.326 e. The van der Waals surface area contributed by atoms with Gasteiger partial charge in [0.1, 0.15) is 6.04 Å². The maximum absolute atomic E-state index is 12.2. The second kappa shape index (κ2) is 6.38. The van der Waals surface area contributed by atoms with Crippen LogP contribution in [0.3, 0.4) is 0 Å². The Morgan fingerprint density at radius 3 is 2.14 bits per heavy atom. The molecule has 2 aromatic carbocycles. The van der Waals surface area contributed by atoms with Crippen molar-refractivity contribution in [3.63, 3.8) is 0 Å². The number of aliphatic carboxylic acids is 1. The number of rotatable bonds is 5. The number of hydrogen-bond acceptors (Lipinski definition) is 3. The van der Waals surface area contributed by atoms with Crippen molar-refractivity contribution >= 4 is 31.9 Å². The zero-order valence-electron chi connectivity index (χ0n) is 10.7. The predicted molar refractivity (Wildman–Crippen MR) is 81.3 cm³/mol. The van der Waals surface area contributed by atoms with Crippen LogP contribution in [0.2, 0.25) is 0 Å². The lowest BCUT2D eigenvalue weighted by Gasteiger charge is -2.15. The van der Waals surface area contributed by atoms with Crippen molar-refractivity contribution in [2.24, 2.45) is 0 Å². The van der Waals surface area contributed by atoms with Gasteiger partial charge in [-0.05, 0) is 29.8 Å². The number of halogens is 1. The molecule has 0 amide bonds. The number of carboxylic acid groups (broad SMARTS) is 1. The van der Waals surface area contributed by atoms with E-state index in [1.54, 1.807) is 42.5 Å². The summed E-state index contributed by atoms with van der Waals surface area (Å²) in [7, 11) is -3.91. The molecule has 0 heterocycles. The normalized spacial score (nSPS) is 12.8. The highest BCUT2D eigenvalue weighted by atomic mass is 79.9. The van der Waals surface area contributed by atoms with Gasteiger partial charge in [0.15, 0.2) is 0 Å². The van der Waals surface area contributed by atoms with Crippen LogP contribution in [0.4, 0.5) is 0 Å². The van der Waals surface area contributed by atoms with Gasteiger partial charge in [0.2, 0.25) is 10.0 Å². The monoisotopic (exact) mass is 369 g/mol. The summed E-state index contributed by atoms with van der Waals surface area (Å²) in [5.74, 6) is -1.27. The van der Waals surface area contributed by atoms with Crippen molar-refractivity contribution in [3.8, 4) is 0 Å². The van der Waals surface area contributed by atoms with Gasteiger partial charge in [-0.25, -0.2) is 8.42 Å². The number of nitrogens with one attached hydrogen (secondary N) is 1. The molecule has 2 rings (SSSR count). The second-order valence-electron chi connectivity index (χ2n) is 4.26. The van der Waals surface area contributed by atoms with Crippen LogP contribution in [-0.2, 0) is 14.8 Å². The topological polar surface area (TPSA) is 83.5 Å². The van der Waals surface area contributed by atoms with E-state index < -0.39 is 22.0 Å². The molecule has 0 unspecified atom stereocenters. The summed E-state index contributed by atoms with van der Waals surface area (Å²) < 4.78 is 27.4. The van der Waals surface area contributed by atoms with Crippen molar-refractivity contribution < 1.29 is 18.3 Å². The fraction of sp³-hybridized carbons (Fsp3) is 0.0714. The van der Waals surface area contributed by atoms with Crippen LogP contribution in [0.5, 0.6) is 0 Å². The third kappa shape index (κ3) is 3.90. The van der Waals surface area contributed by atoms with Crippen LogP contribution in [0.25, 0.3) is 0 Å². The Balaban J connectivity index is 2.33. The predicted octanol–water partition coefficient (Wildman–Crippen LogP) is 2.55. The lowest BCUT2D eigenvalue weighted by atomic mass is 10.1. The lowest BCUT2D eigenvalue weighted by Crippen LogP contribution is -2.33. The van der Waals surface area contributed by atoms with Crippen LogP contribution in [0.15, 0.2) is 64.0 Å². The zero-order chi connectivity index (χ0) is 15.5. The van der Waals surface area contributed by atoms with Gasteiger partial charge in [0, 0.05) is 4.47 Å². The van der Waals surface area contributed by atoms with Gasteiger partial charge in [-0.2, -0.15) is 4.72 Å². The van der Waals surface area contributed by atoms with Crippen molar-refractivity contribution in [1.82, 2.24) is 4.72 Å². The standard InChI is InChI=1S/C14H12BrNO4S/c15-11-8-6-10(7-9-11)13(14(17)18)16-21(19,20)12-4-2-1-3-5-12/h1-9,13,16H,(H,17,18)/t13-/m0/s1. The molecular formula is C14H12BrNO4S. The molecule has 0 aliphatic rings. The highest BCUT2D eigenvalue weighted by Gasteiger charge is 2.26. The smallest absolute Gasteiger partial charge is 0.326 e. The van der Waals surface area contributed by atoms with E-state index in [1.807, 2.05) is 0 Å². The van der Waals surface area contributed by atoms with Crippen LogP contribution >= 0.6 is 15.9 Å². The van der Waals surface area contributed by atoms with Gasteiger partial charge in [-0.15, -0.1) is 0 Å². The van der Waals surface area contributed by atoms with Crippen molar-refractivity contribution in [2.75, 3.05) is 0 Å². The van der Waals surface area contributed by atoms with E-state index in [2.05, 4.69) is 20.7 Å². The molecule has 0 aliphatic carbocycles. The summed E-state index contributed by atoms with van der Waals surface area (Å²) >= 11 is 3.24. The van der Waals surface area contributed by atoms with Gasteiger partial charge in [-0.3, -0.25) is 4.79 Å². The van der Waals surface area contributed by atoms with E-state index in [0.29, 0.717) is 5.56 Å². The van der Waals surface area contributed by atoms with Gasteiger partial charge >= 0.3 is 5.97 Å². The minimum Gasteiger partial charge on any atom is -0.480 e. The molecule has 0 saturated heterocycles. The lowest BCUT2D eigenvalue weighted by molar-refractivity contribution is -0.139. The fourth-order valence-electron chi connectivity index (χ4n) is 1.74. The number of sulfonamides is 1. The fourth-order valence-corrected chi connectivity index (χ4v) is 3.20. The van der Waals surface area contributed by atoms with E-state index in [4.69, 9.17) is 0 Å². The summed E-state index contributed by atoms with van der Waals surface area (Å²) in [6.45, 7) is 0. The molecule has 2 aromatic rings. The highest BCUT2D eigenvalue weighted by Crippen LogP contribution is 2.20. The molecule has 0 fully saturated rings. The molecule has 0 aliphatic heterocycles. The van der Waals surface area contributed by atoms with Crippen LogP contribution in [0, 0.1) is 0 Å². The molecule has 0 bridgehead atoms. The molecule has 0 aromatic heterocycles. The van der Waals surface area contributed by atoms with E-state index >= 15 is 0 Å². The largest absolute Gasteiger partial charge is 0.480 e. The van der Waals surface area contributed by atoms with Crippen LogP contribution in [-0.4, -0.2) is 19.5 Å². The highest BCUT2D eigenvalue weighted by molar-refractivity contribution is 9.10. The Bertz CT molecular complexity index is 729. The molecule has 0 radical (unpaired) electrons. The number of carboxylic acids is 1. The van der Waals surface area contributed by atoms with Gasteiger partial charge < -0.3 is 5.11 Å². The quantitative estimate of drug-likeness (QED) is 0.848. The number of carbonyl (C=O) groups is 1. The van der Waals surface area contributed by atoms with Gasteiger partial charge in [0.05, 0.1) is 4.90 Å². The van der Waals surface area contributed by atoms with Gasteiger partial charge in [-0.1, -0.05) is 46.3 Å². The maximum atomic E-state index is 12.2. The summed E-state index contributed by atoms with van der Waals surface area (Å²) in [6, 6.07) is 12.7. The van der Waals surface area contributed by atoms with Crippen molar-refractivity contribution in [2.45, 2.75) is 10.9 Å². The minimum atomic E-state index is -3.91. The average Bonchev–Trinajstić information content (AvgIpc) is 2.47. The third-order valence-corrected chi connectivity index (χ3v) is 4.74. The first-order chi connectivity index (χ1) is 9.90. The SMILES string of the molecule is O=C(O)[C@@H](NS(=O)(=O)c1ccccc1)c1ccc(Br)cc1. The average molecular weight is 370 g/mol. The first kappa shape index (κ1) is 15.7. The molecule has 21 heavy (non-hydrogen) atoms. The molecule has 7 heteroatoms. The van der Waals surface area contributed by atoms with Crippen LogP contribution in [0.1, 0.15) is 11.6 Å². The molecular weight excluding hydrogens is 358 g/mol. The Morgan fingerprint density at radius 1 is 1.05 bits per heavy atom. The number of benzene rings is 2. The summed E-state index contributed by atoms with van der Waals surface area (Å²) in [5, 5.41) is 9.27. The minimum absolute atomic E-state index is 0.0216. The first-order valence-corrected chi connectivity index (χ1v) is 8.23. The third-order valence-electron chi connectivity index (χ3n) is 2.78. The van der Waals surface area contributed by atoms with E-state index in [1.165, 1.54) is 12.1 Å². The van der Waals surface area contributed by atoms with E-state index in [-0.39, 0.29) is 4.90 Å². The summed E-state index contributed by atoms with van der Waals surface area (Å²) in [5.41, 5.74) is 0.352. The molecule has 0 saturated carbocycles. The molecule has 0 spiro atoms. The Labute approximate surface area is 130 Å². The second-order valence-corrected chi connectivity index (χ2v) is 6.89. The molecule has 110 valence electrons. The van der Waals surface area contributed by atoms with E-state index in [9.17, 15) is 18.3 Å². The Morgan fingerprint density at radius 2 is 1.62 bits per heavy atom. The summed E-state index contributed by atoms with van der Waals surface area (Å²) in [6.07, 6.45) is 0. The van der Waals surface area contributed by atoms with E-state index in [0.717, 1.165) is 4.47 Å². The molecule has 1 atom stereocenters. The van der Waals surface area contributed by atoms with Crippen LogP contribution < -0.4 is 4.72 Å².